The molecule has 29 heavy (non-hydrogen) atoms. The fraction of sp³-hybridized carbons (Fsp3) is 0.174. The summed E-state index contributed by atoms with van der Waals surface area (Å²) in [6, 6.07) is 18.1. The van der Waals surface area contributed by atoms with E-state index in [2.05, 4.69) is 11.1 Å². The van der Waals surface area contributed by atoms with Crippen molar-refractivity contribution >= 4 is 5.91 Å². The molecule has 3 aromatic rings. The first-order valence-corrected chi connectivity index (χ1v) is 9.23. The van der Waals surface area contributed by atoms with Crippen molar-refractivity contribution in [2.24, 2.45) is 0 Å². The van der Waals surface area contributed by atoms with Crippen LogP contribution >= 0.6 is 0 Å². The first kappa shape index (κ1) is 18.8. The van der Waals surface area contributed by atoms with E-state index in [1.165, 1.54) is 23.2 Å². The molecule has 3 atom stereocenters. The van der Waals surface area contributed by atoms with Gasteiger partial charge in [0.05, 0.1) is 24.3 Å². The normalized spacial score (nSPS) is 20.6. The highest BCUT2D eigenvalue weighted by Gasteiger charge is 2.51. The maximum Gasteiger partial charge on any atom is 0.256 e. The molecule has 1 saturated heterocycles. The van der Waals surface area contributed by atoms with Crippen molar-refractivity contribution in [3.8, 4) is 17.2 Å². The number of aliphatic hydroxyl groups excluding tert-OH is 1. The number of rotatable bonds is 4. The summed E-state index contributed by atoms with van der Waals surface area (Å²) in [6.45, 7) is -0.250. The molecule has 4 rings (SSSR count). The summed E-state index contributed by atoms with van der Waals surface area (Å²) < 4.78 is 13.5. The van der Waals surface area contributed by atoms with Gasteiger partial charge in [0.2, 0.25) is 0 Å². The molecule has 0 radical (unpaired) electrons. The Morgan fingerprint density at radius 2 is 1.93 bits per heavy atom. The Balaban J connectivity index is 1.60. The van der Waals surface area contributed by atoms with Crippen molar-refractivity contribution in [3.05, 3.63) is 90.0 Å². The Bertz CT molecular complexity index is 1060. The van der Waals surface area contributed by atoms with Crippen LogP contribution in [0.5, 0.6) is 0 Å². The van der Waals surface area contributed by atoms with Gasteiger partial charge in [-0.25, -0.2) is 4.39 Å². The van der Waals surface area contributed by atoms with Crippen LogP contribution in [0.2, 0.25) is 0 Å². The molecule has 1 amide bonds. The Morgan fingerprint density at radius 3 is 2.55 bits per heavy atom. The van der Waals surface area contributed by atoms with E-state index in [1.807, 2.05) is 30.3 Å². The lowest BCUT2D eigenvalue weighted by molar-refractivity contribution is -0.00588. The molecule has 0 aliphatic carbocycles. The van der Waals surface area contributed by atoms with Gasteiger partial charge in [0.1, 0.15) is 11.9 Å². The number of likely N-dealkylation sites (tertiary alicyclic amines) is 1. The number of benzene rings is 2. The molecular formula is C23H18FN3O2. The minimum absolute atomic E-state index is 0.250. The quantitative estimate of drug-likeness (QED) is 0.745. The highest BCUT2D eigenvalue weighted by molar-refractivity contribution is 5.95. The number of nitrogens with zero attached hydrogens (tertiary/aromatic N) is 3. The first-order valence-electron chi connectivity index (χ1n) is 9.23. The summed E-state index contributed by atoms with van der Waals surface area (Å²) in [5.74, 6) is -0.927. The lowest BCUT2D eigenvalue weighted by Gasteiger charge is -2.51. The molecule has 144 valence electrons. The monoisotopic (exact) mass is 387 g/mol. The molecule has 2 aromatic carbocycles. The lowest BCUT2D eigenvalue weighted by Crippen LogP contribution is -2.65. The number of halogens is 1. The standard InChI is InChI=1S/C23H18FN3O2/c24-19-5-1-3-17(11-19)15-6-8-16(9-7-15)22-20(12-25)27(21(22)14-28)23(29)18-4-2-10-26-13-18/h1-11,13,20-22,28H,14H2/t20-,21+,22-/m0/s1. The minimum atomic E-state index is -0.681. The molecule has 1 aliphatic rings. The summed E-state index contributed by atoms with van der Waals surface area (Å²) >= 11 is 0. The minimum Gasteiger partial charge on any atom is -0.394 e. The SMILES string of the molecule is N#C[C@H]1[C@H](c2ccc(-c3cccc(F)c3)cc2)[C@@H](CO)N1C(=O)c1cccnc1. The smallest absolute Gasteiger partial charge is 0.256 e. The van der Waals surface area contributed by atoms with Crippen LogP contribution < -0.4 is 0 Å². The van der Waals surface area contributed by atoms with E-state index in [9.17, 15) is 19.6 Å². The molecule has 2 heterocycles. The summed E-state index contributed by atoms with van der Waals surface area (Å²) in [4.78, 5) is 18.2. The molecule has 1 aromatic heterocycles. The van der Waals surface area contributed by atoms with Crippen molar-refractivity contribution in [1.29, 1.82) is 5.26 Å². The predicted octanol–water partition coefficient (Wildman–Crippen LogP) is 3.38. The first-order chi connectivity index (χ1) is 14.1. The fourth-order valence-corrected chi connectivity index (χ4v) is 3.89. The molecule has 5 nitrogen and oxygen atoms in total. The summed E-state index contributed by atoms with van der Waals surface area (Å²) in [6.07, 6.45) is 3.02. The number of pyridine rings is 1. The number of amides is 1. The van der Waals surface area contributed by atoms with Crippen LogP contribution in [0, 0.1) is 17.1 Å². The van der Waals surface area contributed by atoms with Crippen molar-refractivity contribution in [2.45, 2.75) is 18.0 Å². The number of hydrogen-bond acceptors (Lipinski definition) is 4. The zero-order valence-electron chi connectivity index (χ0n) is 15.4. The van der Waals surface area contributed by atoms with Gasteiger partial charge in [-0.15, -0.1) is 0 Å². The third-order valence-corrected chi connectivity index (χ3v) is 5.33. The maximum atomic E-state index is 13.5. The molecular weight excluding hydrogens is 369 g/mol. The van der Waals surface area contributed by atoms with Crippen LogP contribution in [-0.4, -0.2) is 39.6 Å². The molecule has 0 bridgehead atoms. The zero-order valence-corrected chi connectivity index (χ0v) is 15.4. The van der Waals surface area contributed by atoms with Crippen LogP contribution in [0.1, 0.15) is 21.8 Å². The fourth-order valence-electron chi connectivity index (χ4n) is 3.89. The van der Waals surface area contributed by atoms with Gasteiger partial charge in [-0.05, 0) is 41.0 Å². The molecule has 1 aliphatic heterocycles. The summed E-state index contributed by atoms with van der Waals surface area (Å²) in [7, 11) is 0. The largest absolute Gasteiger partial charge is 0.394 e. The van der Waals surface area contributed by atoms with E-state index >= 15 is 0 Å². The van der Waals surface area contributed by atoms with E-state index in [-0.39, 0.29) is 24.2 Å². The molecule has 6 heteroatoms. The molecule has 0 spiro atoms. The topological polar surface area (TPSA) is 77.2 Å². The van der Waals surface area contributed by atoms with E-state index in [1.54, 1.807) is 24.4 Å². The average Bonchev–Trinajstić information content (AvgIpc) is 2.74. The molecule has 0 unspecified atom stereocenters. The second-order valence-corrected chi connectivity index (χ2v) is 6.94. The Hall–Kier alpha value is -3.56. The number of aromatic nitrogens is 1. The third kappa shape index (κ3) is 3.37. The van der Waals surface area contributed by atoms with Gasteiger partial charge in [-0.2, -0.15) is 5.26 Å². The van der Waals surface area contributed by atoms with Gasteiger partial charge in [-0.1, -0.05) is 36.4 Å². The van der Waals surface area contributed by atoms with Crippen LogP contribution in [0.15, 0.2) is 73.1 Å². The van der Waals surface area contributed by atoms with Crippen molar-refractivity contribution in [2.75, 3.05) is 6.61 Å². The average molecular weight is 387 g/mol. The number of carbonyl (C=O) groups is 1. The van der Waals surface area contributed by atoms with Crippen LogP contribution in [0.3, 0.4) is 0 Å². The number of hydrogen-bond donors (Lipinski definition) is 1. The number of carbonyl (C=O) groups excluding carboxylic acids is 1. The van der Waals surface area contributed by atoms with Gasteiger partial charge in [0.15, 0.2) is 0 Å². The van der Waals surface area contributed by atoms with E-state index in [4.69, 9.17) is 0 Å². The second-order valence-electron chi connectivity index (χ2n) is 6.94. The van der Waals surface area contributed by atoms with Crippen LogP contribution in [0.4, 0.5) is 4.39 Å². The van der Waals surface area contributed by atoms with Gasteiger partial charge in [0.25, 0.3) is 5.91 Å². The molecule has 1 fully saturated rings. The van der Waals surface area contributed by atoms with Crippen molar-refractivity contribution < 1.29 is 14.3 Å². The van der Waals surface area contributed by atoms with Gasteiger partial charge in [-0.3, -0.25) is 9.78 Å². The second kappa shape index (κ2) is 7.82. The van der Waals surface area contributed by atoms with E-state index in [0.29, 0.717) is 5.56 Å². The molecule has 1 N–H and O–H groups in total. The third-order valence-electron chi connectivity index (χ3n) is 5.33. The van der Waals surface area contributed by atoms with Crippen LogP contribution in [-0.2, 0) is 0 Å². The highest BCUT2D eigenvalue weighted by Crippen LogP contribution is 2.41. The highest BCUT2D eigenvalue weighted by atomic mass is 19.1. The Morgan fingerprint density at radius 1 is 1.14 bits per heavy atom. The summed E-state index contributed by atoms with van der Waals surface area (Å²) in [5.41, 5.74) is 2.84. The molecule has 0 saturated carbocycles. The van der Waals surface area contributed by atoms with Crippen molar-refractivity contribution in [1.82, 2.24) is 9.88 Å². The summed E-state index contributed by atoms with van der Waals surface area (Å²) in [5, 5.41) is 19.6. The lowest BCUT2D eigenvalue weighted by atomic mass is 9.75. The number of aliphatic hydroxyl groups is 1. The van der Waals surface area contributed by atoms with E-state index < -0.39 is 12.1 Å². The van der Waals surface area contributed by atoms with E-state index in [0.717, 1.165) is 16.7 Å². The van der Waals surface area contributed by atoms with Crippen LogP contribution in [0.25, 0.3) is 11.1 Å². The predicted molar refractivity (Wildman–Crippen MR) is 105 cm³/mol. The van der Waals surface area contributed by atoms with Gasteiger partial charge < -0.3 is 10.0 Å². The Labute approximate surface area is 167 Å². The zero-order chi connectivity index (χ0) is 20.4. The number of nitriles is 1. The maximum absolute atomic E-state index is 13.5. The van der Waals surface area contributed by atoms with Gasteiger partial charge >= 0.3 is 0 Å². The van der Waals surface area contributed by atoms with Gasteiger partial charge in [0, 0.05) is 18.3 Å². The van der Waals surface area contributed by atoms with Crippen molar-refractivity contribution in [3.63, 3.8) is 0 Å². The Kier molecular flexibility index (Phi) is 5.07.